The summed E-state index contributed by atoms with van der Waals surface area (Å²) in [7, 11) is 0. The molecular formula is C15H26N2. The van der Waals surface area contributed by atoms with Crippen LogP contribution in [0, 0.1) is 44.8 Å². The third-order valence-electron chi connectivity index (χ3n) is 4.23. The average Bonchev–Trinajstić information content (AvgIpc) is 2.16. The van der Waals surface area contributed by atoms with Gasteiger partial charge in [0, 0.05) is 0 Å². The number of nitrogens with zero attached hydrogens (tertiary/aromatic N) is 2. The minimum Gasteiger partial charge on any atom is -0.198 e. The summed E-state index contributed by atoms with van der Waals surface area (Å²) in [5.41, 5.74) is -0.408. The molecule has 17 heavy (non-hydrogen) atoms. The molecule has 0 fully saturated rings. The van der Waals surface area contributed by atoms with Crippen molar-refractivity contribution in [3.63, 3.8) is 0 Å². The maximum absolute atomic E-state index is 9.20. The molecule has 1 unspecified atom stereocenters. The maximum atomic E-state index is 9.20. The first kappa shape index (κ1) is 16.0. The molecular weight excluding hydrogens is 208 g/mol. The fraction of sp³-hybridized carbons (Fsp3) is 0.867. The van der Waals surface area contributed by atoms with Crippen molar-refractivity contribution in [3.8, 4) is 12.1 Å². The van der Waals surface area contributed by atoms with E-state index in [-0.39, 0.29) is 22.2 Å². The summed E-state index contributed by atoms with van der Waals surface area (Å²) in [6.45, 7) is 14.5. The van der Waals surface area contributed by atoms with E-state index in [1.165, 1.54) is 0 Å². The highest BCUT2D eigenvalue weighted by molar-refractivity contribution is 5.02. The highest BCUT2D eigenvalue weighted by Gasteiger charge is 2.38. The molecule has 0 saturated carbocycles. The monoisotopic (exact) mass is 234 g/mol. The highest BCUT2D eigenvalue weighted by Crippen LogP contribution is 2.43. The summed E-state index contributed by atoms with van der Waals surface area (Å²) in [5, 5.41) is 18.4. The molecule has 0 aromatic heterocycles. The van der Waals surface area contributed by atoms with E-state index in [9.17, 15) is 10.5 Å². The Labute approximate surface area is 107 Å². The van der Waals surface area contributed by atoms with Crippen LogP contribution in [-0.2, 0) is 0 Å². The van der Waals surface area contributed by atoms with Crippen molar-refractivity contribution in [2.45, 2.75) is 61.3 Å². The number of hydrogen-bond acceptors (Lipinski definition) is 2. The predicted octanol–water partition coefficient (Wildman–Crippen LogP) is 4.53. The lowest BCUT2D eigenvalue weighted by molar-refractivity contribution is 0.136. The molecule has 0 heterocycles. The van der Waals surface area contributed by atoms with E-state index in [0.717, 1.165) is 12.8 Å². The Hall–Kier alpha value is -1.02. The zero-order valence-electron chi connectivity index (χ0n) is 12.4. The second-order valence-electron chi connectivity index (χ2n) is 7.21. The molecule has 1 atom stereocenters. The maximum Gasteiger partial charge on any atom is 0.0689 e. The predicted molar refractivity (Wildman–Crippen MR) is 71.0 cm³/mol. The van der Waals surface area contributed by atoms with Gasteiger partial charge in [0.25, 0.3) is 0 Å². The quantitative estimate of drug-likeness (QED) is 0.717. The Morgan fingerprint density at radius 3 is 1.71 bits per heavy atom. The van der Waals surface area contributed by atoms with Gasteiger partial charge in [0.05, 0.1) is 23.5 Å². The third kappa shape index (κ3) is 4.04. The summed E-state index contributed by atoms with van der Waals surface area (Å²) in [6.07, 6.45) is 1.77. The van der Waals surface area contributed by atoms with Gasteiger partial charge in [-0.25, -0.2) is 0 Å². The molecule has 0 aliphatic carbocycles. The molecule has 0 aliphatic heterocycles. The van der Waals surface area contributed by atoms with Gasteiger partial charge in [-0.1, -0.05) is 34.6 Å². The number of rotatable bonds is 4. The minimum atomic E-state index is -0.356. The Morgan fingerprint density at radius 1 is 0.941 bits per heavy atom. The Balaban J connectivity index is 4.70. The summed E-state index contributed by atoms with van der Waals surface area (Å²) >= 11 is 0. The topological polar surface area (TPSA) is 47.6 Å². The van der Waals surface area contributed by atoms with Crippen LogP contribution in [0.15, 0.2) is 0 Å². The molecule has 96 valence electrons. The fourth-order valence-corrected chi connectivity index (χ4v) is 1.66. The third-order valence-corrected chi connectivity index (χ3v) is 4.23. The summed E-state index contributed by atoms with van der Waals surface area (Å²) in [4.78, 5) is 0. The first-order chi connectivity index (χ1) is 7.48. The Kier molecular flexibility index (Phi) is 4.79. The molecule has 0 spiro atoms. The van der Waals surface area contributed by atoms with Crippen molar-refractivity contribution >= 4 is 0 Å². The molecule has 0 bridgehead atoms. The van der Waals surface area contributed by atoms with Crippen LogP contribution in [0.4, 0.5) is 0 Å². The molecule has 0 aliphatic rings. The van der Waals surface area contributed by atoms with Crippen molar-refractivity contribution in [2.75, 3.05) is 0 Å². The molecule has 2 nitrogen and oxygen atoms in total. The molecule has 0 saturated heterocycles. The normalized spacial score (nSPS) is 14.9. The van der Waals surface area contributed by atoms with Gasteiger partial charge < -0.3 is 0 Å². The van der Waals surface area contributed by atoms with Gasteiger partial charge in [-0.15, -0.1) is 0 Å². The van der Waals surface area contributed by atoms with Crippen molar-refractivity contribution < 1.29 is 0 Å². The van der Waals surface area contributed by atoms with Gasteiger partial charge in [0.1, 0.15) is 0 Å². The van der Waals surface area contributed by atoms with Gasteiger partial charge in [0.15, 0.2) is 0 Å². The van der Waals surface area contributed by atoms with Gasteiger partial charge in [-0.3, -0.25) is 0 Å². The highest BCUT2D eigenvalue weighted by atomic mass is 14.4. The van der Waals surface area contributed by atoms with E-state index in [1.807, 2.05) is 13.8 Å². The largest absolute Gasteiger partial charge is 0.198 e. The number of nitriles is 2. The molecule has 0 rings (SSSR count). The molecule has 2 heteroatoms. The molecule has 0 aromatic rings. The summed E-state index contributed by atoms with van der Waals surface area (Å²) in [6, 6.07) is 4.78. The SMILES string of the molecule is CC(C)(C)C(C#N)CCC(C)(C)C(C)(C)C#N. The fourth-order valence-electron chi connectivity index (χ4n) is 1.66. The standard InChI is InChI=1S/C15H26N2/c1-13(2,3)12(10-16)8-9-14(4,5)15(6,7)11-17/h12H,8-9H2,1-7H3. The molecule has 0 amide bonds. The zero-order chi connectivity index (χ0) is 13.9. The lowest BCUT2D eigenvalue weighted by atomic mass is 9.64. The minimum absolute atomic E-state index is 0.0155. The van der Waals surface area contributed by atoms with E-state index in [0.29, 0.717) is 0 Å². The van der Waals surface area contributed by atoms with Gasteiger partial charge in [0.2, 0.25) is 0 Å². The summed E-state index contributed by atoms with van der Waals surface area (Å²) in [5.74, 6) is 0.0521. The molecule has 0 aromatic carbocycles. The second-order valence-corrected chi connectivity index (χ2v) is 7.21. The second kappa shape index (κ2) is 5.09. The van der Waals surface area contributed by atoms with Crippen molar-refractivity contribution in [2.24, 2.45) is 22.2 Å². The van der Waals surface area contributed by atoms with Crippen LogP contribution in [0.3, 0.4) is 0 Å². The molecule has 0 radical (unpaired) electrons. The first-order valence-corrected chi connectivity index (χ1v) is 6.29. The average molecular weight is 234 g/mol. The van der Waals surface area contributed by atoms with E-state index in [2.05, 4.69) is 46.8 Å². The molecule has 0 N–H and O–H groups in total. The van der Waals surface area contributed by atoms with E-state index >= 15 is 0 Å². The van der Waals surface area contributed by atoms with Crippen molar-refractivity contribution in [1.82, 2.24) is 0 Å². The smallest absolute Gasteiger partial charge is 0.0689 e. The van der Waals surface area contributed by atoms with Gasteiger partial charge in [-0.05, 0) is 37.5 Å². The van der Waals surface area contributed by atoms with E-state index < -0.39 is 0 Å². The zero-order valence-corrected chi connectivity index (χ0v) is 12.4. The van der Waals surface area contributed by atoms with E-state index in [4.69, 9.17) is 0 Å². The van der Waals surface area contributed by atoms with Crippen LogP contribution in [0.25, 0.3) is 0 Å². The lowest BCUT2D eigenvalue weighted by Gasteiger charge is -2.38. The van der Waals surface area contributed by atoms with Crippen LogP contribution < -0.4 is 0 Å². The van der Waals surface area contributed by atoms with Crippen molar-refractivity contribution in [1.29, 1.82) is 10.5 Å². The van der Waals surface area contributed by atoms with Crippen LogP contribution in [0.1, 0.15) is 61.3 Å². The van der Waals surface area contributed by atoms with E-state index in [1.54, 1.807) is 0 Å². The lowest BCUT2D eigenvalue weighted by Crippen LogP contribution is -2.32. The number of hydrogen-bond donors (Lipinski definition) is 0. The van der Waals surface area contributed by atoms with Crippen LogP contribution in [-0.4, -0.2) is 0 Å². The Morgan fingerprint density at radius 2 is 1.41 bits per heavy atom. The Bertz CT molecular complexity index is 331. The summed E-state index contributed by atoms with van der Waals surface area (Å²) < 4.78 is 0. The van der Waals surface area contributed by atoms with Crippen LogP contribution in [0.2, 0.25) is 0 Å². The van der Waals surface area contributed by atoms with Crippen molar-refractivity contribution in [3.05, 3.63) is 0 Å². The van der Waals surface area contributed by atoms with Crippen LogP contribution >= 0.6 is 0 Å². The van der Waals surface area contributed by atoms with Crippen LogP contribution in [0.5, 0.6) is 0 Å². The first-order valence-electron chi connectivity index (χ1n) is 6.29. The van der Waals surface area contributed by atoms with Gasteiger partial charge >= 0.3 is 0 Å². The van der Waals surface area contributed by atoms with Gasteiger partial charge in [-0.2, -0.15) is 10.5 Å².